The first-order valence-corrected chi connectivity index (χ1v) is 7.24. The Morgan fingerprint density at radius 3 is 2.87 bits per heavy atom. The second-order valence-electron chi connectivity index (χ2n) is 5.35. The third-order valence-electron chi connectivity index (χ3n) is 3.63. The summed E-state index contributed by atoms with van der Waals surface area (Å²) in [6, 6.07) is 3.09. The average Bonchev–Trinajstić information content (AvgIpc) is 2.56. The van der Waals surface area contributed by atoms with Gasteiger partial charge in [-0.05, 0) is 6.07 Å². The Hall–Kier alpha value is -1.87. The number of aliphatic hydroxyl groups is 1. The lowest BCUT2D eigenvalue weighted by Gasteiger charge is -2.28. The second kappa shape index (κ2) is 6.71. The first kappa shape index (κ1) is 16.0. The van der Waals surface area contributed by atoms with E-state index in [0.29, 0.717) is 24.6 Å². The third kappa shape index (κ3) is 3.40. The van der Waals surface area contributed by atoms with Gasteiger partial charge in [-0.25, -0.2) is 9.37 Å². The van der Waals surface area contributed by atoms with E-state index in [1.165, 1.54) is 7.11 Å². The molecule has 1 aliphatic rings. The maximum atomic E-state index is 14.2. The molecule has 0 aromatic carbocycles. The van der Waals surface area contributed by atoms with E-state index in [1.807, 2.05) is 0 Å². The Labute approximate surface area is 132 Å². The fourth-order valence-electron chi connectivity index (χ4n) is 2.47. The topological polar surface area (TPSA) is 99.7 Å². The van der Waals surface area contributed by atoms with E-state index in [1.54, 1.807) is 12.1 Å². The summed E-state index contributed by atoms with van der Waals surface area (Å²) in [6.45, 7) is 0.673. The van der Waals surface area contributed by atoms with E-state index < -0.39 is 18.2 Å². The molecule has 3 heterocycles. The Morgan fingerprint density at radius 1 is 1.43 bits per heavy atom. The van der Waals surface area contributed by atoms with E-state index in [2.05, 4.69) is 9.97 Å². The van der Waals surface area contributed by atoms with Gasteiger partial charge in [-0.2, -0.15) is 0 Å². The highest BCUT2D eigenvalue weighted by molar-refractivity contribution is 5.78. The van der Waals surface area contributed by atoms with Crippen molar-refractivity contribution < 1.29 is 23.7 Å². The van der Waals surface area contributed by atoms with Gasteiger partial charge in [0.2, 0.25) is 5.88 Å². The van der Waals surface area contributed by atoms with Crippen molar-refractivity contribution in [2.24, 2.45) is 5.73 Å². The lowest BCUT2D eigenvalue weighted by Crippen LogP contribution is -2.41. The van der Waals surface area contributed by atoms with Crippen molar-refractivity contribution in [3.63, 3.8) is 0 Å². The van der Waals surface area contributed by atoms with Crippen molar-refractivity contribution in [1.29, 1.82) is 0 Å². The Morgan fingerprint density at radius 2 is 2.17 bits per heavy atom. The normalized spacial score (nSPS) is 23.0. The fraction of sp³-hybridized carbons (Fsp3) is 0.467. The van der Waals surface area contributed by atoms with Gasteiger partial charge in [0.25, 0.3) is 0 Å². The molecule has 124 valence electrons. The van der Waals surface area contributed by atoms with Gasteiger partial charge in [0.15, 0.2) is 6.29 Å². The van der Waals surface area contributed by atoms with Crippen LogP contribution in [0.3, 0.4) is 0 Å². The number of fused-ring (bicyclic) bond motifs is 1. The van der Waals surface area contributed by atoms with Crippen LogP contribution in [0.25, 0.3) is 11.0 Å². The molecule has 1 saturated heterocycles. The first-order valence-electron chi connectivity index (χ1n) is 7.24. The Bertz CT molecular complexity index is 692. The number of aliphatic hydroxyl groups excluding tert-OH is 1. The summed E-state index contributed by atoms with van der Waals surface area (Å²) in [5.74, 6) is -0.326. The van der Waals surface area contributed by atoms with Gasteiger partial charge in [-0.1, -0.05) is 0 Å². The number of ether oxygens (including phenoxy) is 3. The van der Waals surface area contributed by atoms with Crippen LogP contribution in [-0.4, -0.2) is 47.7 Å². The number of hydrogen-bond acceptors (Lipinski definition) is 7. The molecule has 2 aromatic rings. The Kier molecular flexibility index (Phi) is 4.67. The van der Waals surface area contributed by atoms with Crippen molar-refractivity contribution in [3.8, 4) is 5.88 Å². The monoisotopic (exact) mass is 323 g/mol. The van der Waals surface area contributed by atoms with E-state index >= 15 is 0 Å². The van der Waals surface area contributed by atoms with Crippen LogP contribution in [0.2, 0.25) is 0 Å². The predicted octanol–water partition coefficient (Wildman–Crippen LogP) is 0.901. The van der Waals surface area contributed by atoms with Crippen molar-refractivity contribution in [1.82, 2.24) is 9.97 Å². The minimum Gasteiger partial charge on any atom is -0.481 e. The molecule has 1 atom stereocenters. The summed E-state index contributed by atoms with van der Waals surface area (Å²) < 4.78 is 30.0. The molecule has 3 N–H and O–H groups in total. The van der Waals surface area contributed by atoms with Crippen LogP contribution in [0, 0.1) is 5.82 Å². The standard InChI is InChI=1S/C15H18FN3O4/c1-21-12-3-2-10-15(19-12)14(9(16)5-18-10)11(20)4-13-22-6-8(17)7-23-13/h2-3,5,8,11,13,20H,4,6-7,17H2,1H3. The van der Waals surface area contributed by atoms with Crippen LogP contribution in [0.15, 0.2) is 18.3 Å². The minimum atomic E-state index is -1.15. The van der Waals surface area contributed by atoms with Crippen LogP contribution in [0.5, 0.6) is 5.88 Å². The highest BCUT2D eigenvalue weighted by Gasteiger charge is 2.26. The van der Waals surface area contributed by atoms with Crippen LogP contribution in [-0.2, 0) is 9.47 Å². The fourth-order valence-corrected chi connectivity index (χ4v) is 2.47. The molecular weight excluding hydrogens is 305 g/mol. The molecule has 0 spiro atoms. The highest BCUT2D eigenvalue weighted by atomic mass is 19.1. The molecule has 7 nitrogen and oxygen atoms in total. The number of halogens is 1. The summed E-state index contributed by atoms with van der Waals surface area (Å²) in [6.07, 6.45) is -0.660. The number of nitrogens with zero attached hydrogens (tertiary/aromatic N) is 2. The average molecular weight is 323 g/mol. The number of methoxy groups -OCH3 is 1. The molecule has 2 aromatic heterocycles. The summed E-state index contributed by atoms with van der Waals surface area (Å²) in [5.41, 5.74) is 6.44. The van der Waals surface area contributed by atoms with Gasteiger partial charge in [0, 0.05) is 18.1 Å². The maximum Gasteiger partial charge on any atom is 0.213 e. The van der Waals surface area contributed by atoms with Gasteiger partial charge >= 0.3 is 0 Å². The maximum absolute atomic E-state index is 14.2. The minimum absolute atomic E-state index is 0.0518. The van der Waals surface area contributed by atoms with Crippen molar-refractivity contribution in [3.05, 3.63) is 29.7 Å². The smallest absolute Gasteiger partial charge is 0.213 e. The molecule has 23 heavy (non-hydrogen) atoms. The molecule has 0 radical (unpaired) electrons. The molecule has 8 heteroatoms. The van der Waals surface area contributed by atoms with E-state index in [0.717, 1.165) is 6.20 Å². The van der Waals surface area contributed by atoms with Crippen molar-refractivity contribution >= 4 is 11.0 Å². The van der Waals surface area contributed by atoms with Gasteiger partial charge in [-0.3, -0.25) is 4.98 Å². The van der Waals surface area contributed by atoms with Crippen LogP contribution >= 0.6 is 0 Å². The lowest BCUT2D eigenvalue weighted by atomic mass is 10.0. The second-order valence-corrected chi connectivity index (χ2v) is 5.35. The number of pyridine rings is 2. The van der Waals surface area contributed by atoms with Gasteiger partial charge < -0.3 is 25.1 Å². The number of aromatic nitrogens is 2. The zero-order valence-electron chi connectivity index (χ0n) is 12.6. The van der Waals surface area contributed by atoms with E-state index in [-0.39, 0.29) is 23.5 Å². The zero-order chi connectivity index (χ0) is 16.4. The Balaban J connectivity index is 1.89. The predicted molar refractivity (Wildman–Crippen MR) is 79.3 cm³/mol. The number of hydrogen-bond donors (Lipinski definition) is 2. The van der Waals surface area contributed by atoms with Crippen molar-refractivity contribution in [2.75, 3.05) is 20.3 Å². The number of nitrogens with two attached hydrogens (primary N) is 1. The quantitative estimate of drug-likeness (QED) is 0.862. The third-order valence-corrected chi connectivity index (χ3v) is 3.63. The molecule has 3 rings (SSSR count). The molecule has 1 unspecified atom stereocenters. The van der Waals surface area contributed by atoms with E-state index in [4.69, 9.17) is 19.9 Å². The molecule has 0 amide bonds. The van der Waals surface area contributed by atoms with Crippen LogP contribution in [0.4, 0.5) is 4.39 Å². The molecule has 0 bridgehead atoms. The summed E-state index contributed by atoms with van der Waals surface area (Å²) >= 11 is 0. The van der Waals surface area contributed by atoms with Gasteiger partial charge in [-0.15, -0.1) is 0 Å². The molecule has 1 fully saturated rings. The molecule has 0 saturated carbocycles. The molecular formula is C15H18FN3O4. The SMILES string of the molecule is COc1ccc2ncc(F)c(C(O)CC3OCC(N)CO3)c2n1. The van der Waals surface area contributed by atoms with E-state index in [9.17, 15) is 9.50 Å². The zero-order valence-corrected chi connectivity index (χ0v) is 12.6. The van der Waals surface area contributed by atoms with Gasteiger partial charge in [0.05, 0.1) is 44.2 Å². The van der Waals surface area contributed by atoms with Crippen LogP contribution in [0.1, 0.15) is 18.1 Å². The van der Waals surface area contributed by atoms with Gasteiger partial charge in [0.1, 0.15) is 11.3 Å². The summed E-state index contributed by atoms with van der Waals surface area (Å²) in [5, 5.41) is 10.4. The van der Waals surface area contributed by atoms with Crippen LogP contribution < -0.4 is 10.5 Å². The number of rotatable bonds is 4. The highest BCUT2D eigenvalue weighted by Crippen LogP contribution is 2.30. The molecule has 0 aliphatic carbocycles. The molecule has 1 aliphatic heterocycles. The first-order chi connectivity index (χ1) is 11.1. The summed E-state index contributed by atoms with van der Waals surface area (Å²) in [7, 11) is 1.46. The van der Waals surface area contributed by atoms with Crippen molar-refractivity contribution in [2.45, 2.75) is 24.9 Å². The lowest BCUT2D eigenvalue weighted by molar-refractivity contribution is -0.197. The summed E-state index contributed by atoms with van der Waals surface area (Å²) in [4.78, 5) is 8.17. The largest absolute Gasteiger partial charge is 0.481 e.